The summed E-state index contributed by atoms with van der Waals surface area (Å²) in [5.41, 5.74) is 0. The van der Waals surface area contributed by atoms with Gasteiger partial charge in [0.15, 0.2) is 0 Å². The Hall–Kier alpha value is -0.140. The lowest BCUT2D eigenvalue weighted by Gasteiger charge is -2.31. The van der Waals surface area contributed by atoms with Gasteiger partial charge in [-0.1, -0.05) is 18.5 Å². The molecule has 1 aromatic heterocycles. The molecule has 1 N–H and O–H groups in total. The summed E-state index contributed by atoms with van der Waals surface area (Å²) in [7, 11) is -3.40. The van der Waals surface area contributed by atoms with Gasteiger partial charge in [0.1, 0.15) is 4.21 Å². The van der Waals surface area contributed by atoms with Gasteiger partial charge in [-0.25, -0.2) is 13.1 Å². The predicted molar refractivity (Wildman–Crippen MR) is 79.4 cm³/mol. The standard InChI is InChI=1S/C12H19ClN2O2S2/c1-2-7-15-8-5-10(6-9-15)14-19(16,17)12-4-3-11(13)18-12/h3-4,10,14H,2,5-9H2,1H3. The van der Waals surface area contributed by atoms with Gasteiger partial charge in [0.25, 0.3) is 0 Å². The molecule has 19 heavy (non-hydrogen) atoms. The third-order valence-corrected chi connectivity index (χ3v) is 6.51. The molecule has 1 saturated heterocycles. The molecule has 0 aliphatic carbocycles. The molecular weight excluding hydrogens is 304 g/mol. The number of hydrogen-bond donors (Lipinski definition) is 1. The third kappa shape index (κ3) is 4.16. The van der Waals surface area contributed by atoms with Gasteiger partial charge in [-0.05, 0) is 51.0 Å². The first-order chi connectivity index (χ1) is 9.01. The number of nitrogens with one attached hydrogen (secondary N) is 1. The summed E-state index contributed by atoms with van der Waals surface area (Å²) < 4.78 is 27.9. The van der Waals surface area contributed by atoms with Crippen LogP contribution in [-0.2, 0) is 10.0 Å². The minimum Gasteiger partial charge on any atom is -0.303 e. The van der Waals surface area contributed by atoms with E-state index in [2.05, 4.69) is 16.5 Å². The Morgan fingerprint density at radius 1 is 1.42 bits per heavy atom. The van der Waals surface area contributed by atoms with Crippen LogP contribution in [0.25, 0.3) is 0 Å². The van der Waals surface area contributed by atoms with Crippen molar-refractivity contribution in [1.29, 1.82) is 0 Å². The molecule has 7 heteroatoms. The van der Waals surface area contributed by atoms with Crippen LogP contribution >= 0.6 is 22.9 Å². The number of piperidine rings is 1. The van der Waals surface area contributed by atoms with Gasteiger partial charge < -0.3 is 4.90 Å². The van der Waals surface area contributed by atoms with E-state index in [-0.39, 0.29) is 6.04 Å². The molecule has 0 aromatic carbocycles. The van der Waals surface area contributed by atoms with Crippen LogP contribution in [-0.4, -0.2) is 39.0 Å². The van der Waals surface area contributed by atoms with Crippen molar-refractivity contribution in [2.45, 2.75) is 36.4 Å². The van der Waals surface area contributed by atoms with Crippen molar-refractivity contribution in [1.82, 2.24) is 9.62 Å². The fraction of sp³-hybridized carbons (Fsp3) is 0.667. The number of halogens is 1. The maximum absolute atomic E-state index is 12.1. The lowest BCUT2D eigenvalue weighted by atomic mass is 10.1. The monoisotopic (exact) mass is 322 g/mol. The highest BCUT2D eigenvalue weighted by atomic mass is 35.5. The zero-order valence-electron chi connectivity index (χ0n) is 10.9. The van der Waals surface area contributed by atoms with E-state index >= 15 is 0 Å². The van der Waals surface area contributed by atoms with Crippen molar-refractivity contribution in [3.05, 3.63) is 16.5 Å². The molecule has 2 heterocycles. The summed E-state index contributed by atoms with van der Waals surface area (Å²) in [6, 6.07) is 3.21. The molecule has 0 atom stereocenters. The molecule has 0 saturated carbocycles. The van der Waals surface area contributed by atoms with Crippen molar-refractivity contribution >= 4 is 33.0 Å². The van der Waals surface area contributed by atoms with Crippen molar-refractivity contribution in [3.8, 4) is 0 Å². The van der Waals surface area contributed by atoms with Gasteiger partial charge in [-0.15, -0.1) is 11.3 Å². The smallest absolute Gasteiger partial charge is 0.250 e. The second kappa shape index (κ2) is 6.54. The van der Waals surface area contributed by atoms with Crippen LogP contribution in [0, 0.1) is 0 Å². The van der Waals surface area contributed by atoms with Crippen molar-refractivity contribution in [2.24, 2.45) is 0 Å². The number of thiophene rings is 1. The average Bonchev–Trinajstić information content (AvgIpc) is 2.79. The number of rotatable bonds is 5. The van der Waals surface area contributed by atoms with Crippen LogP contribution in [0.15, 0.2) is 16.3 Å². The first kappa shape index (κ1) is 15.3. The van der Waals surface area contributed by atoms with E-state index in [0.717, 1.165) is 50.2 Å². The Kier molecular flexibility index (Phi) is 5.25. The van der Waals surface area contributed by atoms with E-state index in [4.69, 9.17) is 11.6 Å². The Bertz CT molecular complexity index is 508. The summed E-state index contributed by atoms with van der Waals surface area (Å²) >= 11 is 6.88. The summed E-state index contributed by atoms with van der Waals surface area (Å²) in [5, 5.41) is 0. The Morgan fingerprint density at radius 2 is 2.11 bits per heavy atom. The third-order valence-electron chi connectivity index (χ3n) is 3.26. The topological polar surface area (TPSA) is 49.4 Å². The highest BCUT2D eigenvalue weighted by Gasteiger charge is 2.25. The maximum atomic E-state index is 12.1. The van der Waals surface area contributed by atoms with Gasteiger partial charge in [0.2, 0.25) is 10.0 Å². The van der Waals surface area contributed by atoms with Gasteiger partial charge >= 0.3 is 0 Å². The molecule has 0 bridgehead atoms. The largest absolute Gasteiger partial charge is 0.303 e. The average molecular weight is 323 g/mol. The Balaban J connectivity index is 1.92. The zero-order chi connectivity index (χ0) is 13.9. The first-order valence-corrected chi connectivity index (χ1v) is 9.19. The molecular formula is C12H19ClN2O2S2. The molecule has 1 aromatic rings. The van der Waals surface area contributed by atoms with Crippen LogP contribution in [0.3, 0.4) is 0 Å². The maximum Gasteiger partial charge on any atom is 0.250 e. The summed E-state index contributed by atoms with van der Waals surface area (Å²) in [4.78, 5) is 2.38. The van der Waals surface area contributed by atoms with Crippen LogP contribution in [0.1, 0.15) is 26.2 Å². The van der Waals surface area contributed by atoms with Gasteiger partial charge in [0, 0.05) is 6.04 Å². The van der Waals surface area contributed by atoms with Crippen LogP contribution < -0.4 is 4.72 Å². The van der Waals surface area contributed by atoms with E-state index in [0.29, 0.717) is 8.55 Å². The number of hydrogen-bond acceptors (Lipinski definition) is 4. The minimum atomic E-state index is -3.40. The number of nitrogens with zero attached hydrogens (tertiary/aromatic N) is 1. The molecule has 4 nitrogen and oxygen atoms in total. The number of likely N-dealkylation sites (tertiary alicyclic amines) is 1. The fourth-order valence-electron chi connectivity index (χ4n) is 2.31. The highest BCUT2D eigenvalue weighted by molar-refractivity contribution is 7.91. The minimum absolute atomic E-state index is 0.0407. The molecule has 0 radical (unpaired) electrons. The molecule has 2 rings (SSSR count). The lowest BCUT2D eigenvalue weighted by Crippen LogP contribution is -2.44. The molecule has 1 aliphatic heterocycles. The summed E-state index contributed by atoms with van der Waals surface area (Å²) in [6.07, 6.45) is 2.89. The summed E-state index contributed by atoms with van der Waals surface area (Å²) in [5.74, 6) is 0. The quantitative estimate of drug-likeness (QED) is 0.906. The molecule has 0 amide bonds. The van der Waals surface area contributed by atoms with E-state index in [1.807, 2.05) is 0 Å². The number of sulfonamides is 1. The molecule has 1 aliphatic rings. The van der Waals surface area contributed by atoms with Crippen molar-refractivity contribution in [2.75, 3.05) is 19.6 Å². The van der Waals surface area contributed by atoms with E-state index < -0.39 is 10.0 Å². The van der Waals surface area contributed by atoms with Crippen LogP contribution in [0.4, 0.5) is 0 Å². The van der Waals surface area contributed by atoms with E-state index in [9.17, 15) is 8.42 Å². The van der Waals surface area contributed by atoms with Crippen molar-refractivity contribution < 1.29 is 8.42 Å². The SMILES string of the molecule is CCCN1CCC(NS(=O)(=O)c2ccc(Cl)s2)CC1. The van der Waals surface area contributed by atoms with E-state index in [1.54, 1.807) is 12.1 Å². The van der Waals surface area contributed by atoms with Gasteiger partial charge in [0.05, 0.1) is 4.34 Å². The Labute approximate surface area is 123 Å². The highest BCUT2D eigenvalue weighted by Crippen LogP contribution is 2.26. The van der Waals surface area contributed by atoms with Gasteiger partial charge in [-0.2, -0.15) is 0 Å². The second-order valence-electron chi connectivity index (χ2n) is 4.80. The van der Waals surface area contributed by atoms with E-state index in [1.165, 1.54) is 0 Å². The predicted octanol–water partition coefficient (Wildman–Crippen LogP) is 2.55. The molecule has 0 unspecified atom stereocenters. The van der Waals surface area contributed by atoms with Crippen LogP contribution in [0.5, 0.6) is 0 Å². The fourth-order valence-corrected chi connectivity index (χ4v) is 5.11. The first-order valence-electron chi connectivity index (χ1n) is 6.51. The lowest BCUT2D eigenvalue weighted by molar-refractivity contribution is 0.208. The molecule has 0 spiro atoms. The second-order valence-corrected chi connectivity index (χ2v) is 8.45. The summed E-state index contributed by atoms with van der Waals surface area (Å²) in [6.45, 7) is 5.19. The Morgan fingerprint density at radius 3 is 2.63 bits per heavy atom. The van der Waals surface area contributed by atoms with Crippen molar-refractivity contribution in [3.63, 3.8) is 0 Å². The zero-order valence-corrected chi connectivity index (χ0v) is 13.3. The van der Waals surface area contributed by atoms with Gasteiger partial charge in [-0.3, -0.25) is 0 Å². The molecule has 1 fully saturated rings. The normalized spacial score (nSPS) is 18.8. The molecule has 108 valence electrons. The van der Waals surface area contributed by atoms with Crippen LogP contribution in [0.2, 0.25) is 4.34 Å².